The molecule has 0 spiro atoms. The van der Waals surface area contributed by atoms with Gasteiger partial charge in [0.25, 0.3) is 0 Å². The van der Waals surface area contributed by atoms with Gasteiger partial charge in [-0.1, -0.05) is 18.2 Å². The van der Waals surface area contributed by atoms with Gasteiger partial charge in [-0.2, -0.15) is 0 Å². The molecule has 1 aliphatic rings. The van der Waals surface area contributed by atoms with Crippen LogP contribution in [0.3, 0.4) is 0 Å². The summed E-state index contributed by atoms with van der Waals surface area (Å²) in [6.45, 7) is 1.69. The molecule has 1 fully saturated rings. The van der Waals surface area contributed by atoms with Crippen molar-refractivity contribution < 1.29 is 4.79 Å². The number of hydrogen-bond acceptors (Lipinski definition) is 2. The fraction of sp³-hybridized carbons (Fsp3) is 0.400. The normalized spacial score (nSPS) is 14.8. The molecule has 100 valence electrons. The molecule has 0 atom stereocenters. The van der Waals surface area contributed by atoms with E-state index in [2.05, 4.69) is 11.4 Å². The average molecular weight is 257 g/mol. The quantitative estimate of drug-likeness (QED) is 0.855. The molecule has 0 aliphatic heterocycles. The third-order valence-electron chi connectivity index (χ3n) is 3.69. The van der Waals surface area contributed by atoms with Gasteiger partial charge >= 0.3 is 0 Å². The van der Waals surface area contributed by atoms with Crippen LogP contribution in [0.1, 0.15) is 18.4 Å². The first-order chi connectivity index (χ1) is 9.28. The smallest absolute Gasteiger partial charge is 0.239 e. The number of nitrogens with zero attached hydrogens (tertiary/aromatic N) is 1. The zero-order chi connectivity index (χ0) is 13.2. The summed E-state index contributed by atoms with van der Waals surface area (Å²) >= 11 is 0. The summed E-state index contributed by atoms with van der Waals surface area (Å²) in [6, 6.07) is 8.07. The van der Waals surface area contributed by atoms with E-state index < -0.39 is 0 Å². The first-order valence-electron chi connectivity index (χ1n) is 6.81. The average Bonchev–Trinajstić information content (AvgIpc) is 3.20. The number of nitrogens with one attached hydrogen (secondary N) is 1. The second-order valence-corrected chi connectivity index (χ2v) is 5.25. The molecule has 1 aromatic carbocycles. The maximum Gasteiger partial charge on any atom is 0.239 e. The van der Waals surface area contributed by atoms with Crippen LogP contribution in [-0.4, -0.2) is 17.0 Å². The summed E-state index contributed by atoms with van der Waals surface area (Å²) < 4.78 is 1.99. The van der Waals surface area contributed by atoms with Gasteiger partial charge in [0.05, 0.1) is 0 Å². The molecule has 1 amide bonds. The Morgan fingerprint density at radius 2 is 2.16 bits per heavy atom. The lowest BCUT2D eigenvalue weighted by molar-refractivity contribution is -0.121. The number of amides is 1. The van der Waals surface area contributed by atoms with Crippen LogP contribution in [0.4, 0.5) is 0 Å². The summed E-state index contributed by atoms with van der Waals surface area (Å²) in [6.07, 6.45) is 4.50. The van der Waals surface area contributed by atoms with Gasteiger partial charge in [-0.3, -0.25) is 4.79 Å². The van der Waals surface area contributed by atoms with Crippen LogP contribution in [0.15, 0.2) is 30.5 Å². The molecule has 0 saturated heterocycles. The van der Waals surface area contributed by atoms with E-state index in [1.807, 2.05) is 29.0 Å². The fourth-order valence-electron chi connectivity index (χ4n) is 2.41. The third-order valence-corrected chi connectivity index (χ3v) is 3.69. The van der Waals surface area contributed by atoms with Crippen LogP contribution in [0.2, 0.25) is 0 Å². The van der Waals surface area contributed by atoms with Gasteiger partial charge in [0.1, 0.15) is 6.54 Å². The second-order valence-electron chi connectivity index (χ2n) is 5.25. The number of hydrogen-bond donors (Lipinski definition) is 2. The van der Waals surface area contributed by atoms with Crippen molar-refractivity contribution in [3.63, 3.8) is 0 Å². The summed E-state index contributed by atoms with van der Waals surface area (Å²) in [7, 11) is 0. The van der Waals surface area contributed by atoms with E-state index in [-0.39, 0.29) is 5.91 Å². The Bertz CT molecular complexity index is 598. The molecule has 0 radical (unpaired) electrons. The van der Waals surface area contributed by atoms with Gasteiger partial charge in [-0.25, -0.2) is 0 Å². The summed E-state index contributed by atoms with van der Waals surface area (Å²) in [4.78, 5) is 11.9. The minimum atomic E-state index is 0.0798. The highest BCUT2D eigenvalue weighted by Gasteiger charge is 2.21. The van der Waals surface area contributed by atoms with E-state index in [1.54, 1.807) is 0 Å². The van der Waals surface area contributed by atoms with Gasteiger partial charge in [-0.15, -0.1) is 0 Å². The zero-order valence-corrected chi connectivity index (χ0v) is 10.9. The molecular weight excluding hydrogens is 238 g/mol. The number of fused-ring (bicyclic) bond motifs is 1. The first kappa shape index (κ1) is 12.2. The van der Waals surface area contributed by atoms with E-state index in [4.69, 9.17) is 5.73 Å². The van der Waals surface area contributed by atoms with Crippen molar-refractivity contribution >= 4 is 16.8 Å². The van der Waals surface area contributed by atoms with Gasteiger partial charge in [0, 0.05) is 30.2 Å². The lowest BCUT2D eigenvalue weighted by atomic mass is 10.2. The molecule has 4 heteroatoms. The Hall–Kier alpha value is -1.81. The third kappa shape index (κ3) is 2.63. The molecule has 19 heavy (non-hydrogen) atoms. The van der Waals surface area contributed by atoms with Crippen molar-refractivity contribution in [2.45, 2.75) is 25.9 Å². The number of benzene rings is 1. The Morgan fingerprint density at radius 3 is 2.89 bits per heavy atom. The standard InChI is InChI=1S/C15H19N3O/c16-7-12-9-18(14-4-2-1-3-13(12)14)10-15(19)17-8-11-5-6-11/h1-4,9,11H,5-8,10,16H2,(H,17,19). The maximum atomic E-state index is 11.9. The van der Waals surface area contributed by atoms with Crippen LogP contribution >= 0.6 is 0 Å². The van der Waals surface area contributed by atoms with E-state index >= 15 is 0 Å². The fourth-order valence-corrected chi connectivity index (χ4v) is 2.41. The minimum Gasteiger partial charge on any atom is -0.354 e. The van der Waals surface area contributed by atoms with Crippen molar-refractivity contribution in [1.29, 1.82) is 0 Å². The first-order valence-corrected chi connectivity index (χ1v) is 6.81. The highest BCUT2D eigenvalue weighted by atomic mass is 16.1. The van der Waals surface area contributed by atoms with Crippen LogP contribution in [0.25, 0.3) is 10.9 Å². The maximum absolute atomic E-state index is 11.9. The highest BCUT2D eigenvalue weighted by Crippen LogP contribution is 2.27. The van der Waals surface area contributed by atoms with E-state index in [1.165, 1.54) is 12.8 Å². The Balaban J connectivity index is 1.77. The molecule has 4 nitrogen and oxygen atoms in total. The van der Waals surface area contributed by atoms with Crippen LogP contribution in [0, 0.1) is 5.92 Å². The monoisotopic (exact) mass is 257 g/mol. The van der Waals surface area contributed by atoms with Crippen LogP contribution < -0.4 is 11.1 Å². The predicted octanol–water partition coefficient (Wildman–Crippen LogP) is 1.63. The predicted molar refractivity (Wildman–Crippen MR) is 75.6 cm³/mol. The van der Waals surface area contributed by atoms with Gasteiger partial charge in [-0.05, 0) is 30.4 Å². The molecule has 1 heterocycles. The number of carbonyl (C=O) groups excluding carboxylic acids is 1. The summed E-state index contributed by atoms with van der Waals surface area (Å²) in [5.41, 5.74) is 7.91. The number of para-hydroxylation sites is 1. The Morgan fingerprint density at radius 1 is 1.37 bits per heavy atom. The molecule has 3 N–H and O–H groups in total. The van der Waals surface area contributed by atoms with Gasteiger partial charge in [0.2, 0.25) is 5.91 Å². The van der Waals surface area contributed by atoms with Crippen LogP contribution in [0.5, 0.6) is 0 Å². The molecule has 1 aromatic heterocycles. The number of rotatable bonds is 5. The lowest BCUT2D eigenvalue weighted by Crippen LogP contribution is -2.29. The number of carbonyl (C=O) groups is 1. The summed E-state index contributed by atoms with van der Waals surface area (Å²) in [5, 5.41) is 4.13. The Labute approximate surface area is 112 Å². The van der Waals surface area contributed by atoms with Crippen LogP contribution in [-0.2, 0) is 17.9 Å². The molecule has 0 bridgehead atoms. The van der Waals surface area contributed by atoms with Crippen molar-refractivity contribution in [3.8, 4) is 0 Å². The topological polar surface area (TPSA) is 60.0 Å². The molecule has 3 rings (SSSR count). The van der Waals surface area contributed by atoms with Gasteiger partial charge in [0.15, 0.2) is 0 Å². The SMILES string of the molecule is NCc1cn(CC(=O)NCC2CC2)c2ccccc12. The zero-order valence-electron chi connectivity index (χ0n) is 10.9. The van der Waals surface area contributed by atoms with Crippen molar-refractivity contribution in [1.82, 2.24) is 9.88 Å². The molecule has 1 aliphatic carbocycles. The van der Waals surface area contributed by atoms with E-state index in [0.717, 1.165) is 23.0 Å². The highest BCUT2D eigenvalue weighted by molar-refractivity contribution is 5.86. The second kappa shape index (κ2) is 5.05. The Kier molecular flexibility index (Phi) is 3.25. The van der Waals surface area contributed by atoms with E-state index in [0.29, 0.717) is 19.0 Å². The van der Waals surface area contributed by atoms with Crippen molar-refractivity contribution in [3.05, 3.63) is 36.0 Å². The molecule has 1 saturated carbocycles. The molecular formula is C15H19N3O. The van der Waals surface area contributed by atoms with Crippen molar-refractivity contribution in [2.24, 2.45) is 11.7 Å². The van der Waals surface area contributed by atoms with E-state index in [9.17, 15) is 4.79 Å². The molecule has 2 aromatic rings. The van der Waals surface area contributed by atoms with Gasteiger partial charge < -0.3 is 15.6 Å². The minimum absolute atomic E-state index is 0.0798. The van der Waals surface area contributed by atoms with Crippen molar-refractivity contribution in [2.75, 3.05) is 6.54 Å². The lowest BCUT2D eigenvalue weighted by Gasteiger charge is -2.06. The number of nitrogens with two attached hydrogens (primary N) is 1. The largest absolute Gasteiger partial charge is 0.354 e. The number of aromatic nitrogens is 1. The summed E-state index contributed by atoms with van der Waals surface area (Å²) in [5.74, 6) is 0.793. The molecule has 0 unspecified atom stereocenters.